The Hall–Kier alpha value is -2.61. The molecular formula is C16H20N2O6. The van der Waals surface area contributed by atoms with Gasteiger partial charge >= 0.3 is 5.97 Å². The van der Waals surface area contributed by atoms with E-state index in [9.17, 15) is 14.4 Å². The SMILES string of the molecule is NC(=O)COc1ccc(C(=O)NC2(CC(=O)O)CCOCC2)cc1. The molecule has 1 aliphatic rings. The van der Waals surface area contributed by atoms with E-state index >= 15 is 0 Å². The molecule has 1 aromatic rings. The molecule has 0 unspecified atom stereocenters. The number of nitrogens with two attached hydrogens (primary N) is 1. The van der Waals surface area contributed by atoms with Crippen molar-refractivity contribution in [2.75, 3.05) is 19.8 Å². The molecule has 1 saturated heterocycles. The van der Waals surface area contributed by atoms with Gasteiger partial charge in [-0.3, -0.25) is 14.4 Å². The molecule has 0 bridgehead atoms. The van der Waals surface area contributed by atoms with Crippen molar-refractivity contribution >= 4 is 17.8 Å². The third-order valence-corrected chi connectivity index (χ3v) is 3.82. The summed E-state index contributed by atoms with van der Waals surface area (Å²) in [4.78, 5) is 34.2. The molecule has 1 heterocycles. The quantitative estimate of drug-likeness (QED) is 0.657. The van der Waals surface area contributed by atoms with E-state index < -0.39 is 17.4 Å². The van der Waals surface area contributed by atoms with Gasteiger partial charge in [-0.25, -0.2) is 0 Å². The lowest BCUT2D eigenvalue weighted by Crippen LogP contribution is -2.53. The third kappa shape index (κ3) is 4.95. The van der Waals surface area contributed by atoms with Crippen molar-refractivity contribution in [3.05, 3.63) is 29.8 Å². The topological polar surface area (TPSA) is 128 Å². The number of ether oxygens (including phenoxy) is 2. The smallest absolute Gasteiger partial charge is 0.305 e. The zero-order chi connectivity index (χ0) is 17.6. The van der Waals surface area contributed by atoms with Gasteiger partial charge < -0.3 is 25.6 Å². The van der Waals surface area contributed by atoms with Crippen LogP contribution in [-0.4, -0.2) is 48.2 Å². The van der Waals surface area contributed by atoms with Crippen LogP contribution in [-0.2, 0) is 14.3 Å². The largest absolute Gasteiger partial charge is 0.484 e. The summed E-state index contributed by atoms with van der Waals surface area (Å²) in [5.41, 5.74) is 4.56. The van der Waals surface area contributed by atoms with Gasteiger partial charge in [-0.15, -0.1) is 0 Å². The lowest BCUT2D eigenvalue weighted by atomic mass is 9.86. The van der Waals surface area contributed by atoms with Crippen LogP contribution < -0.4 is 15.8 Å². The molecule has 24 heavy (non-hydrogen) atoms. The van der Waals surface area contributed by atoms with Gasteiger partial charge in [0, 0.05) is 18.8 Å². The summed E-state index contributed by atoms with van der Waals surface area (Å²) >= 11 is 0. The van der Waals surface area contributed by atoms with Crippen LogP contribution in [0.25, 0.3) is 0 Å². The fourth-order valence-electron chi connectivity index (χ4n) is 2.57. The Balaban J connectivity index is 2.03. The molecule has 0 spiro atoms. The van der Waals surface area contributed by atoms with Crippen molar-refractivity contribution in [1.29, 1.82) is 0 Å². The number of carbonyl (C=O) groups is 3. The van der Waals surface area contributed by atoms with Gasteiger partial charge in [0.05, 0.1) is 12.0 Å². The second-order valence-corrected chi connectivity index (χ2v) is 5.70. The number of nitrogens with one attached hydrogen (secondary N) is 1. The molecule has 0 saturated carbocycles. The van der Waals surface area contributed by atoms with Gasteiger partial charge in [0.25, 0.3) is 11.8 Å². The maximum Gasteiger partial charge on any atom is 0.305 e. The Morgan fingerprint density at radius 3 is 2.38 bits per heavy atom. The van der Waals surface area contributed by atoms with Crippen LogP contribution in [0.4, 0.5) is 0 Å². The molecule has 8 heteroatoms. The Labute approximate surface area is 138 Å². The number of carbonyl (C=O) groups excluding carboxylic acids is 2. The highest BCUT2D eigenvalue weighted by atomic mass is 16.5. The maximum atomic E-state index is 12.4. The van der Waals surface area contributed by atoms with Gasteiger partial charge in [0.15, 0.2) is 6.61 Å². The third-order valence-electron chi connectivity index (χ3n) is 3.82. The first-order valence-corrected chi connectivity index (χ1v) is 7.53. The zero-order valence-electron chi connectivity index (χ0n) is 13.1. The van der Waals surface area contributed by atoms with Gasteiger partial charge in [-0.1, -0.05) is 0 Å². The molecule has 0 aromatic heterocycles. The van der Waals surface area contributed by atoms with E-state index in [0.717, 1.165) is 0 Å². The van der Waals surface area contributed by atoms with E-state index in [-0.39, 0.29) is 18.9 Å². The van der Waals surface area contributed by atoms with Crippen LogP contribution in [0.2, 0.25) is 0 Å². The number of aliphatic carboxylic acids is 1. The summed E-state index contributed by atoms with van der Waals surface area (Å²) in [6, 6.07) is 6.18. The van der Waals surface area contributed by atoms with Gasteiger partial charge in [-0.05, 0) is 37.1 Å². The fraction of sp³-hybridized carbons (Fsp3) is 0.438. The molecule has 2 amide bonds. The molecule has 1 aromatic carbocycles. The number of rotatable bonds is 7. The minimum atomic E-state index is -0.965. The number of carboxylic acid groups (broad SMARTS) is 1. The second kappa shape index (κ2) is 7.78. The molecule has 0 radical (unpaired) electrons. The molecule has 130 valence electrons. The van der Waals surface area contributed by atoms with E-state index in [1.165, 1.54) is 0 Å². The Morgan fingerprint density at radius 2 is 1.83 bits per heavy atom. The number of hydrogen-bond acceptors (Lipinski definition) is 5. The van der Waals surface area contributed by atoms with Gasteiger partial charge in [0.1, 0.15) is 5.75 Å². The van der Waals surface area contributed by atoms with Crippen LogP contribution in [0, 0.1) is 0 Å². The van der Waals surface area contributed by atoms with Gasteiger partial charge in [0.2, 0.25) is 0 Å². The highest BCUT2D eigenvalue weighted by Crippen LogP contribution is 2.25. The minimum absolute atomic E-state index is 0.151. The number of amides is 2. The minimum Gasteiger partial charge on any atom is -0.484 e. The molecular weight excluding hydrogens is 316 g/mol. The molecule has 1 fully saturated rings. The van der Waals surface area contributed by atoms with Crippen LogP contribution in [0.5, 0.6) is 5.75 Å². The summed E-state index contributed by atoms with van der Waals surface area (Å²) in [6.07, 6.45) is 0.748. The first-order chi connectivity index (χ1) is 11.4. The highest BCUT2D eigenvalue weighted by Gasteiger charge is 2.36. The van der Waals surface area contributed by atoms with Crippen molar-refractivity contribution in [2.24, 2.45) is 5.73 Å². The average Bonchev–Trinajstić information content (AvgIpc) is 2.53. The lowest BCUT2D eigenvalue weighted by molar-refractivity contribution is -0.139. The van der Waals surface area contributed by atoms with Crippen molar-refractivity contribution < 1.29 is 29.0 Å². The standard InChI is InChI=1S/C16H20N2O6/c17-13(19)10-24-12-3-1-11(2-4-12)15(22)18-16(9-14(20)21)5-7-23-8-6-16/h1-4H,5-10H2,(H2,17,19)(H,18,22)(H,20,21). The molecule has 0 aliphatic carbocycles. The van der Waals surface area contributed by atoms with Crippen LogP contribution >= 0.6 is 0 Å². The van der Waals surface area contributed by atoms with Crippen LogP contribution in [0.15, 0.2) is 24.3 Å². The first-order valence-electron chi connectivity index (χ1n) is 7.53. The van der Waals surface area contributed by atoms with Crippen molar-refractivity contribution in [3.63, 3.8) is 0 Å². The van der Waals surface area contributed by atoms with Crippen LogP contribution in [0.1, 0.15) is 29.6 Å². The summed E-state index contributed by atoms with van der Waals surface area (Å²) in [6.45, 7) is 0.578. The number of primary amides is 1. The summed E-state index contributed by atoms with van der Waals surface area (Å²) in [7, 11) is 0. The Kier molecular flexibility index (Phi) is 5.75. The maximum absolute atomic E-state index is 12.4. The molecule has 2 rings (SSSR count). The summed E-state index contributed by atoms with van der Waals surface area (Å²) < 4.78 is 10.4. The highest BCUT2D eigenvalue weighted by molar-refractivity contribution is 5.95. The molecule has 4 N–H and O–H groups in total. The van der Waals surface area contributed by atoms with E-state index in [1.54, 1.807) is 24.3 Å². The van der Waals surface area contributed by atoms with Crippen molar-refractivity contribution in [3.8, 4) is 5.75 Å². The second-order valence-electron chi connectivity index (χ2n) is 5.70. The Morgan fingerprint density at radius 1 is 1.21 bits per heavy atom. The number of benzene rings is 1. The summed E-state index contributed by atoms with van der Waals surface area (Å²) in [5.74, 6) is -1.50. The van der Waals surface area contributed by atoms with Gasteiger partial charge in [-0.2, -0.15) is 0 Å². The summed E-state index contributed by atoms with van der Waals surface area (Å²) in [5, 5.41) is 11.9. The van der Waals surface area contributed by atoms with Crippen LogP contribution in [0.3, 0.4) is 0 Å². The van der Waals surface area contributed by atoms with E-state index in [2.05, 4.69) is 5.32 Å². The zero-order valence-corrected chi connectivity index (χ0v) is 13.1. The Bertz CT molecular complexity index is 607. The average molecular weight is 336 g/mol. The fourth-order valence-corrected chi connectivity index (χ4v) is 2.57. The van der Waals surface area contributed by atoms with E-state index in [0.29, 0.717) is 37.4 Å². The normalized spacial score (nSPS) is 16.2. The number of carboxylic acids is 1. The van der Waals surface area contributed by atoms with E-state index in [1.807, 2.05) is 0 Å². The van der Waals surface area contributed by atoms with Crippen molar-refractivity contribution in [1.82, 2.24) is 5.32 Å². The first kappa shape index (κ1) is 17.7. The molecule has 1 aliphatic heterocycles. The predicted octanol–water partition coefficient (Wildman–Crippen LogP) is 0.304. The van der Waals surface area contributed by atoms with E-state index in [4.69, 9.17) is 20.3 Å². The molecule has 8 nitrogen and oxygen atoms in total. The molecule has 0 atom stereocenters. The monoisotopic (exact) mass is 336 g/mol. The lowest BCUT2D eigenvalue weighted by Gasteiger charge is -2.36. The van der Waals surface area contributed by atoms with Crippen molar-refractivity contribution in [2.45, 2.75) is 24.8 Å². The predicted molar refractivity (Wildman–Crippen MR) is 83.6 cm³/mol. The number of hydrogen-bond donors (Lipinski definition) is 3.